The van der Waals surface area contributed by atoms with Gasteiger partial charge < -0.3 is 24.2 Å². The van der Waals surface area contributed by atoms with Crippen molar-refractivity contribution in [1.82, 2.24) is 15.4 Å². The number of ether oxygens (including phenoxy) is 2. The third-order valence-corrected chi connectivity index (χ3v) is 4.88. The molecule has 3 rings (SSSR count). The fraction of sp³-hybridized carbons (Fsp3) is 0.292. The summed E-state index contributed by atoms with van der Waals surface area (Å²) in [6, 6.07) is 18.5. The van der Waals surface area contributed by atoms with Gasteiger partial charge in [0.1, 0.15) is 5.75 Å². The van der Waals surface area contributed by atoms with Crippen LogP contribution in [0.15, 0.2) is 65.2 Å². The number of nitrogens with one attached hydrogen (secondary N) is 1. The van der Waals surface area contributed by atoms with Crippen LogP contribution >= 0.6 is 0 Å². The maximum Gasteiger partial charge on any atom is 0.276 e. The Balaban J connectivity index is 1.61. The van der Waals surface area contributed by atoms with Gasteiger partial charge in [0.2, 0.25) is 5.91 Å². The SMILES string of the molecule is COCCN(CCC(=O)NCc1ccccc1)C(=O)c1cc(-c2cccc(OC)c2)on1. The number of nitrogens with zero attached hydrogens (tertiary/aromatic N) is 2. The number of rotatable bonds is 11. The van der Waals surface area contributed by atoms with E-state index in [4.69, 9.17) is 14.0 Å². The zero-order valence-electron chi connectivity index (χ0n) is 18.2. The highest BCUT2D eigenvalue weighted by molar-refractivity contribution is 5.93. The van der Waals surface area contributed by atoms with Crippen molar-refractivity contribution in [2.24, 2.45) is 0 Å². The van der Waals surface area contributed by atoms with Crippen LogP contribution in [0.1, 0.15) is 22.5 Å². The van der Waals surface area contributed by atoms with Gasteiger partial charge in [-0.05, 0) is 17.7 Å². The third-order valence-electron chi connectivity index (χ3n) is 4.88. The molecule has 32 heavy (non-hydrogen) atoms. The molecule has 0 atom stereocenters. The molecule has 8 nitrogen and oxygen atoms in total. The van der Waals surface area contributed by atoms with E-state index in [0.29, 0.717) is 31.2 Å². The Kier molecular flexibility index (Phi) is 8.39. The number of carbonyl (C=O) groups is 2. The molecule has 0 aliphatic heterocycles. The summed E-state index contributed by atoms with van der Waals surface area (Å²) in [5, 5.41) is 6.80. The van der Waals surface area contributed by atoms with Crippen LogP contribution in [0.5, 0.6) is 5.75 Å². The summed E-state index contributed by atoms with van der Waals surface area (Å²) in [7, 11) is 3.14. The lowest BCUT2D eigenvalue weighted by molar-refractivity contribution is -0.121. The first kappa shape index (κ1) is 23.0. The lowest BCUT2D eigenvalue weighted by atomic mass is 10.1. The summed E-state index contributed by atoms with van der Waals surface area (Å²) in [4.78, 5) is 26.8. The highest BCUT2D eigenvalue weighted by Gasteiger charge is 2.21. The molecule has 0 saturated carbocycles. The topological polar surface area (TPSA) is 93.9 Å². The van der Waals surface area contributed by atoms with Crippen molar-refractivity contribution in [3.05, 3.63) is 71.9 Å². The van der Waals surface area contributed by atoms with Crippen molar-refractivity contribution in [3.8, 4) is 17.1 Å². The molecule has 0 spiro atoms. The van der Waals surface area contributed by atoms with Gasteiger partial charge in [-0.3, -0.25) is 9.59 Å². The fourth-order valence-corrected chi connectivity index (χ4v) is 3.09. The number of methoxy groups -OCH3 is 2. The Morgan fingerprint density at radius 3 is 2.59 bits per heavy atom. The normalized spacial score (nSPS) is 10.6. The van der Waals surface area contributed by atoms with E-state index in [-0.39, 0.29) is 30.5 Å². The molecule has 0 radical (unpaired) electrons. The van der Waals surface area contributed by atoms with Crippen LogP contribution in [-0.4, -0.2) is 55.8 Å². The molecular formula is C24H27N3O5. The molecule has 0 unspecified atom stereocenters. The molecule has 0 aliphatic rings. The van der Waals surface area contributed by atoms with Gasteiger partial charge in [-0.15, -0.1) is 0 Å². The van der Waals surface area contributed by atoms with Crippen molar-refractivity contribution in [2.75, 3.05) is 33.9 Å². The molecule has 0 saturated heterocycles. The minimum Gasteiger partial charge on any atom is -0.497 e. The number of amides is 2. The summed E-state index contributed by atoms with van der Waals surface area (Å²) in [5.41, 5.74) is 1.93. The van der Waals surface area contributed by atoms with E-state index >= 15 is 0 Å². The first-order chi connectivity index (χ1) is 15.6. The molecule has 2 amide bonds. The van der Waals surface area contributed by atoms with E-state index in [1.165, 1.54) is 0 Å². The van der Waals surface area contributed by atoms with Gasteiger partial charge in [-0.25, -0.2) is 0 Å². The lowest BCUT2D eigenvalue weighted by Gasteiger charge is -2.21. The Morgan fingerprint density at radius 1 is 1.03 bits per heavy atom. The van der Waals surface area contributed by atoms with Crippen LogP contribution in [0, 0.1) is 0 Å². The number of hydrogen-bond acceptors (Lipinski definition) is 6. The van der Waals surface area contributed by atoms with Gasteiger partial charge in [-0.1, -0.05) is 47.6 Å². The summed E-state index contributed by atoms with van der Waals surface area (Å²) in [6.45, 7) is 1.36. The first-order valence-electron chi connectivity index (χ1n) is 10.3. The predicted molar refractivity (Wildman–Crippen MR) is 119 cm³/mol. The smallest absolute Gasteiger partial charge is 0.276 e. The van der Waals surface area contributed by atoms with E-state index in [2.05, 4.69) is 10.5 Å². The summed E-state index contributed by atoms with van der Waals surface area (Å²) < 4.78 is 15.7. The number of aromatic nitrogens is 1. The second kappa shape index (κ2) is 11.7. The van der Waals surface area contributed by atoms with Crippen LogP contribution in [0.4, 0.5) is 0 Å². The molecule has 3 aromatic rings. The molecule has 168 valence electrons. The van der Waals surface area contributed by atoms with E-state index < -0.39 is 0 Å². The van der Waals surface area contributed by atoms with Crippen molar-refractivity contribution < 1.29 is 23.6 Å². The van der Waals surface area contributed by atoms with Gasteiger partial charge in [-0.2, -0.15) is 0 Å². The number of benzene rings is 2. The van der Waals surface area contributed by atoms with Gasteiger partial charge in [0.15, 0.2) is 11.5 Å². The van der Waals surface area contributed by atoms with Crippen LogP contribution in [0.3, 0.4) is 0 Å². The Morgan fingerprint density at radius 2 is 1.84 bits per heavy atom. The van der Waals surface area contributed by atoms with Gasteiger partial charge in [0.05, 0.1) is 13.7 Å². The monoisotopic (exact) mass is 437 g/mol. The fourth-order valence-electron chi connectivity index (χ4n) is 3.09. The zero-order chi connectivity index (χ0) is 22.8. The highest BCUT2D eigenvalue weighted by Crippen LogP contribution is 2.24. The lowest BCUT2D eigenvalue weighted by Crippen LogP contribution is -2.37. The van der Waals surface area contributed by atoms with E-state index in [9.17, 15) is 9.59 Å². The highest BCUT2D eigenvalue weighted by atomic mass is 16.5. The quantitative estimate of drug-likeness (QED) is 0.495. The van der Waals surface area contributed by atoms with Crippen molar-refractivity contribution in [3.63, 3.8) is 0 Å². The molecule has 0 aliphatic carbocycles. The Hall–Kier alpha value is -3.65. The van der Waals surface area contributed by atoms with Crippen LogP contribution in [0.25, 0.3) is 11.3 Å². The Bertz CT molecular complexity index is 1020. The molecule has 1 N–H and O–H groups in total. The first-order valence-corrected chi connectivity index (χ1v) is 10.3. The maximum atomic E-state index is 13.0. The average Bonchev–Trinajstić information content (AvgIpc) is 3.33. The summed E-state index contributed by atoms with van der Waals surface area (Å²) >= 11 is 0. The Labute approximate surface area is 187 Å². The average molecular weight is 437 g/mol. The van der Waals surface area contributed by atoms with Gasteiger partial charge >= 0.3 is 0 Å². The second-order valence-corrected chi connectivity index (χ2v) is 7.11. The van der Waals surface area contributed by atoms with Crippen LogP contribution in [-0.2, 0) is 16.1 Å². The molecule has 1 heterocycles. The zero-order valence-corrected chi connectivity index (χ0v) is 18.2. The standard InChI is InChI=1S/C24H27N3O5/c1-30-14-13-27(12-11-23(28)25-17-18-7-4-3-5-8-18)24(29)21-16-22(32-26-21)19-9-6-10-20(15-19)31-2/h3-10,15-16H,11-14,17H2,1-2H3,(H,25,28). The van der Waals surface area contributed by atoms with E-state index in [1.54, 1.807) is 31.3 Å². The molecule has 0 fully saturated rings. The molecule has 1 aromatic heterocycles. The van der Waals surface area contributed by atoms with Gasteiger partial charge in [0, 0.05) is 44.8 Å². The molecular weight excluding hydrogens is 410 g/mol. The number of hydrogen-bond donors (Lipinski definition) is 1. The summed E-state index contributed by atoms with van der Waals surface area (Å²) in [6.07, 6.45) is 0.170. The molecule has 2 aromatic carbocycles. The van der Waals surface area contributed by atoms with Crippen molar-refractivity contribution in [1.29, 1.82) is 0 Å². The molecule has 8 heteroatoms. The van der Waals surface area contributed by atoms with Crippen molar-refractivity contribution >= 4 is 11.8 Å². The molecule has 0 bridgehead atoms. The van der Waals surface area contributed by atoms with E-state index in [1.807, 2.05) is 48.5 Å². The van der Waals surface area contributed by atoms with Gasteiger partial charge in [0.25, 0.3) is 5.91 Å². The van der Waals surface area contributed by atoms with Crippen LogP contribution in [0.2, 0.25) is 0 Å². The predicted octanol–water partition coefficient (Wildman–Crippen LogP) is 3.15. The minimum absolute atomic E-state index is 0.138. The third kappa shape index (κ3) is 6.42. The summed E-state index contributed by atoms with van der Waals surface area (Å²) in [5.74, 6) is 0.673. The second-order valence-electron chi connectivity index (χ2n) is 7.11. The van der Waals surface area contributed by atoms with E-state index in [0.717, 1.165) is 11.1 Å². The van der Waals surface area contributed by atoms with Crippen LogP contribution < -0.4 is 10.1 Å². The largest absolute Gasteiger partial charge is 0.497 e. The number of carbonyl (C=O) groups excluding carboxylic acids is 2. The maximum absolute atomic E-state index is 13.0. The minimum atomic E-state index is -0.323. The van der Waals surface area contributed by atoms with Crippen molar-refractivity contribution in [2.45, 2.75) is 13.0 Å².